The van der Waals surface area contributed by atoms with Crippen LogP contribution in [0.25, 0.3) is 11.5 Å². The Balaban J connectivity index is 1.47. The van der Waals surface area contributed by atoms with E-state index in [1.165, 1.54) is 17.4 Å². The molecule has 164 valence electrons. The molecule has 9 heteroatoms. The number of benzene rings is 1. The number of nitrogens with one attached hydrogen (secondary N) is 1. The molecule has 2 aromatic rings. The average Bonchev–Trinajstić information content (AvgIpc) is 3.19. The van der Waals surface area contributed by atoms with Gasteiger partial charge in [-0.15, -0.1) is 0 Å². The summed E-state index contributed by atoms with van der Waals surface area (Å²) in [5, 5.41) is 3.27. The maximum atomic E-state index is 12.9. The zero-order chi connectivity index (χ0) is 21.7. The van der Waals surface area contributed by atoms with Crippen LogP contribution in [0.3, 0.4) is 0 Å². The van der Waals surface area contributed by atoms with E-state index in [2.05, 4.69) is 15.3 Å². The first-order valence-corrected chi connectivity index (χ1v) is 10.1. The highest BCUT2D eigenvalue weighted by molar-refractivity contribution is 5.80. The van der Waals surface area contributed by atoms with Crippen LogP contribution in [0.1, 0.15) is 18.2 Å². The second-order valence-corrected chi connectivity index (χ2v) is 7.47. The number of alkyl halides is 3. The molecule has 1 fully saturated rings. The normalized spacial score (nSPS) is 17.3. The summed E-state index contributed by atoms with van der Waals surface area (Å²) >= 11 is 0. The number of hydrogen-bond donors (Lipinski definition) is 1. The van der Waals surface area contributed by atoms with Crippen LogP contribution in [0, 0.1) is 6.92 Å². The van der Waals surface area contributed by atoms with E-state index >= 15 is 0 Å². The molecule has 0 spiro atoms. The number of aromatic nitrogens is 1. The van der Waals surface area contributed by atoms with Gasteiger partial charge in [0.2, 0.25) is 5.89 Å². The van der Waals surface area contributed by atoms with Gasteiger partial charge in [0.1, 0.15) is 12.3 Å². The first kappa shape index (κ1) is 22.1. The topological polar surface area (TPSA) is 56.9 Å². The minimum Gasteiger partial charge on any atom is -0.444 e. The van der Waals surface area contributed by atoms with Crippen molar-refractivity contribution in [1.82, 2.24) is 20.1 Å². The molecule has 1 saturated heterocycles. The molecule has 0 amide bonds. The molecule has 1 aromatic carbocycles. The van der Waals surface area contributed by atoms with Gasteiger partial charge in [0.05, 0.1) is 5.69 Å². The lowest BCUT2D eigenvalue weighted by Crippen LogP contribution is -2.56. The SMILES string of the molecule is CN=C(NCCc1coc(-c2ccc(C)cc2)n1)N1CCN(C(C)C(F)(F)F)CC1. The fourth-order valence-electron chi connectivity index (χ4n) is 3.41. The van der Waals surface area contributed by atoms with Gasteiger partial charge in [0, 0.05) is 51.8 Å². The monoisotopic (exact) mass is 423 g/mol. The molecule has 0 radical (unpaired) electrons. The molecule has 6 nitrogen and oxygen atoms in total. The van der Waals surface area contributed by atoms with Crippen molar-refractivity contribution in [3.05, 3.63) is 41.8 Å². The van der Waals surface area contributed by atoms with Crippen LogP contribution in [0.4, 0.5) is 13.2 Å². The van der Waals surface area contributed by atoms with Crippen LogP contribution >= 0.6 is 0 Å². The lowest BCUT2D eigenvalue weighted by Gasteiger charge is -2.39. The number of halogens is 3. The standard InChI is InChI=1S/C21H28F3N5O/c1-15-4-6-17(7-5-15)19-27-18(14-30-19)8-9-26-20(25-3)29-12-10-28(11-13-29)16(2)21(22,23)24/h4-7,14,16H,8-13H2,1-3H3,(H,25,26). The van der Waals surface area contributed by atoms with Gasteiger partial charge in [-0.1, -0.05) is 17.7 Å². The Bertz CT molecular complexity index is 839. The highest BCUT2D eigenvalue weighted by Crippen LogP contribution is 2.25. The molecule has 1 aromatic heterocycles. The minimum atomic E-state index is -4.20. The van der Waals surface area contributed by atoms with Crippen LogP contribution in [-0.2, 0) is 6.42 Å². The van der Waals surface area contributed by atoms with Crippen molar-refractivity contribution >= 4 is 5.96 Å². The van der Waals surface area contributed by atoms with E-state index in [4.69, 9.17) is 4.42 Å². The van der Waals surface area contributed by atoms with Gasteiger partial charge in [-0.05, 0) is 26.0 Å². The van der Waals surface area contributed by atoms with Crippen molar-refractivity contribution in [1.29, 1.82) is 0 Å². The summed E-state index contributed by atoms with van der Waals surface area (Å²) in [5.74, 6) is 1.28. The summed E-state index contributed by atoms with van der Waals surface area (Å²) in [5.41, 5.74) is 2.94. The average molecular weight is 423 g/mol. The maximum Gasteiger partial charge on any atom is 0.403 e. The second kappa shape index (κ2) is 9.51. The van der Waals surface area contributed by atoms with Crippen LogP contribution in [0.2, 0.25) is 0 Å². The van der Waals surface area contributed by atoms with Crippen LogP contribution in [0.5, 0.6) is 0 Å². The molecule has 1 N–H and O–H groups in total. The zero-order valence-electron chi connectivity index (χ0n) is 17.5. The number of rotatable bonds is 5. The number of guanidine groups is 1. The van der Waals surface area contributed by atoms with Gasteiger partial charge in [-0.25, -0.2) is 4.98 Å². The maximum absolute atomic E-state index is 12.9. The summed E-state index contributed by atoms with van der Waals surface area (Å²) in [6, 6.07) is 6.55. The highest BCUT2D eigenvalue weighted by Gasteiger charge is 2.41. The van der Waals surface area contributed by atoms with E-state index in [0.29, 0.717) is 51.0 Å². The molecular formula is C21H28F3N5O. The second-order valence-electron chi connectivity index (χ2n) is 7.47. The molecule has 1 aliphatic rings. The molecule has 30 heavy (non-hydrogen) atoms. The van der Waals surface area contributed by atoms with Gasteiger partial charge in [0.15, 0.2) is 5.96 Å². The largest absolute Gasteiger partial charge is 0.444 e. The third-order valence-electron chi connectivity index (χ3n) is 5.36. The highest BCUT2D eigenvalue weighted by atomic mass is 19.4. The molecule has 0 aliphatic carbocycles. The predicted octanol–water partition coefficient (Wildman–Crippen LogP) is 3.34. The Labute approximate surface area is 174 Å². The molecule has 0 bridgehead atoms. The Morgan fingerprint density at radius 2 is 1.87 bits per heavy atom. The van der Waals surface area contributed by atoms with Gasteiger partial charge < -0.3 is 14.6 Å². The number of aryl methyl sites for hydroxylation is 1. The number of hydrogen-bond acceptors (Lipinski definition) is 4. The molecular weight excluding hydrogens is 395 g/mol. The molecule has 0 saturated carbocycles. The van der Waals surface area contributed by atoms with Crippen molar-refractivity contribution in [2.75, 3.05) is 39.8 Å². The van der Waals surface area contributed by atoms with E-state index < -0.39 is 12.2 Å². The Kier molecular flexibility index (Phi) is 7.02. The Morgan fingerprint density at radius 3 is 2.47 bits per heavy atom. The molecule has 3 rings (SSSR count). The third-order valence-corrected chi connectivity index (χ3v) is 5.36. The lowest BCUT2D eigenvalue weighted by atomic mass is 10.1. The van der Waals surface area contributed by atoms with Crippen molar-refractivity contribution < 1.29 is 17.6 Å². The lowest BCUT2D eigenvalue weighted by molar-refractivity contribution is -0.181. The summed E-state index contributed by atoms with van der Waals surface area (Å²) < 4.78 is 44.3. The fourth-order valence-corrected chi connectivity index (χ4v) is 3.41. The molecule has 1 aliphatic heterocycles. The third kappa shape index (κ3) is 5.53. The number of oxazole rings is 1. The zero-order valence-corrected chi connectivity index (χ0v) is 17.5. The number of aliphatic imine (C=N–C) groups is 1. The number of nitrogens with zero attached hydrogens (tertiary/aromatic N) is 4. The first-order chi connectivity index (χ1) is 14.3. The molecule has 1 unspecified atom stereocenters. The Morgan fingerprint density at radius 1 is 1.20 bits per heavy atom. The van der Waals surface area contributed by atoms with Crippen LogP contribution in [0.15, 0.2) is 39.9 Å². The first-order valence-electron chi connectivity index (χ1n) is 10.1. The smallest absolute Gasteiger partial charge is 0.403 e. The quantitative estimate of drug-likeness (QED) is 0.591. The Hall–Kier alpha value is -2.55. The van der Waals surface area contributed by atoms with E-state index in [1.807, 2.05) is 36.1 Å². The summed E-state index contributed by atoms with van der Waals surface area (Å²) in [6.45, 7) is 5.55. The predicted molar refractivity (Wildman–Crippen MR) is 110 cm³/mol. The van der Waals surface area contributed by atoms with Gasteiger partial charge in [-0.3, -0.25) is 9.89 Å². The summed E-state index contributed by atoms with van der Waals surface area (Å²) in [4.78, 5) is 12.2. The molecule has 1 atom stereocenters. The van der Waals surface area contributed by atoms with Crippen molar-refractivity contribution in [2.45, 2.75) is 32.5 Å². The molecule has 2 heterocycles. The number of piperazine rings is 1. The van der Waals surface area contributed by atoms with Crippen molar-refractivity contribution in [3.63, 3.8) is 0 Å². The van der Waals surface area contributed by atoms with E-state index in [-0.39, 0.29) is 0 Å². The summed E-state index contributed by atoms with van der Waals surface area (Å²) in [7, 11) is 1.68. The van der Waals surface area contributed by atoms with E-state index in [0.717, 1.165) is 11.3 Å². The van der Waals surface area contributed by atoms with Crippen LogP contribution in [-0.4, -0.2) is 72.7 Å². The van der Waals surface area contributed by atoms with Crippen molar-refractivity contribution in [2.24, 2.45) is 4.99 Å². The van der Waals surface area contributed by atoms with Crippen LogP contribution < -0.4 is 5.32 Å². The summed E-state index contributed by atoms with van der Waals surface area (Å²) in [6.07, 6.45) is -1.90. The van der Waals surface area contributed by atoms with E-state index in [9.17, 15) is 13.2 Å². The van der Waals surface area contributed by atoms with Crippen molar-refractivity contribution in [3.8, 4) is 11.5 Å². The van der Waals surface area contributed by atoms with Gasteiger partial charge in [-0.2, -0.15) is 13.2 Å². The van der Waals surface area contributed by atoms with E-state index in [1.54, 1.807) is 13.3 Å². The van der Waals surface area contributed by atoms with Gasteiger partial charge in [0.25, 0.3) is 0 Å². The fraction of sp³-hybridized carbons (Fsp3) is 0.524. The minimum absolute atomic E-state index is 0.352. The van der Waals surface area contributed by atoms with Gasteiger partial charge >= 0.3 is 6.18 Å².